The average molecular weight is 254 g/mol. The Labute approximate surface area is 113 Å². The van der Waals surface area contributed by atoms with Crippen molar-refractivity contribution in [2.75, 3.05) is 7.05 Å². The summed E-state index contributed by atoms with van der Waals surface area (Å²) >= 11 is 0. The van der Waals surface area contributed by atoms with E-state index in [-0.39, 0.29) is 11.8 Å². The zero-order valence-electron chi connectivity index (χ0n) is 10.9. The van der Waals surface area contributed by atoms with Crippen LogP contribution in [0.15, 0.2) is 60.7 Å². The Morgan fingerprint density at radius 1 is 0.947 bits per heavy atom. The summed E-state index contributed by atoms with van der Waals surface area (Å²) < 4.78 is 0. The van der Waals surface area contributed by atoms with Gasteiger partial charge in [0.05, 0.1) is 6.04 Å². The van der Waals surface area contributed by atoms with Crippen LogP contribution in [-0.4, -0.2) is 19.0 Å². The fourth-order valence-electron chi connectivity index (χ4n) is 2.25. The van der Waals surface area contributed by atoms with Gasteiger partial charge in [-0.25, -0.2) is 0 Å². The largest absolute Gasteiger partial charge is 0.358 e. The molecule has 0 aliphatic carbocycles. The molecule has 2 rings (SSSR count). The lowest BCUT2D eigenvalue weighted by Crippen LogP contribution is -2.43. The highest BCUT2D eigenvalue weighted by molar-refractivity contribution is 5.83. The van der Waals surface area contributed by atoms with Crippen molar-refractivity contribution in [2.24, 2.45) is 5.73 Å². The second kappa shape index (κ2) is 6.16. The summed E-state index contributed by atoms with van der Waals surface area (Å²) in [5, 5.41) is 2.62. The Kier molecular flexibility index (Phi) is 4.31. The van der Waals surface area contributed by atoms with Gasteiger partial charge in [-0.1, -0.05) is 60.7 Å². The molecule has 19 heavy (non-hydrogen) atoms. The number of hydrogen-bond acceptors (Lipinski definition) is 2. The molecule has 3 heteroatoms. The third-order valence-electron chi connectivity index (χ3n) is 3.23. The Morgan fingerprint density at radius 2 is 1.37 bits per heavy atom. The SMILES string of the molecule is CNC(=O)C(N)C(c1ccccc1)c1ccccc1. The van der Waals surface area contributed by atoms with E-state index in [0.29, 0.717) is 0 Å². The van der Waals surface area contributed by atoms with Gasteiger partial charge in [-0.3, -0.25) is 4.79 Å². The van der Waals surface area contributed by atoms with Crippen molar-refractivity contribution in [3.8, 4) is 0 Å². The highest BCUT2D eigenvalue weighted by Gasteiger charge is 2.26. The van der Waals surface area contributed by atoms with E-state index in [1.807, 2.05) is 60.7 Å². The maximum Gasteiger partial charge on any atom is 0.237 e. The first-order valence-electron chi connectivity index (χ1n) is 6.31. The van der Waals surface area contributed by atoms with Crippen molar-refractivity contribution in [2.45, 2.75) is 12.0 Å². The lowest BCUT2D eigenvalue weighted by atomic mass is 9.85. The predicted octanol–water partition coefficient (Wildman–Crippen LogP) is 1.89. The first-order chi connectivity index (χ1) is 9.24. The van der Waals surface area contributed by atoms with Gasteiger partial charge in [0.2, 0.25) is 5.91 Å². The average Bonchev–Trinajstić information content (AvgIpc) is 2.49. The Hall–Kier alpha value is -2.13. The maximum atomic E-state index is 11.9. The van der Waals surface area contributed by atoms with Crippen molar-refractivity contribution in [3.05, 3.63) is 71.8 Å². The molecule has 1 unspecified atom stereocenters. The van der Waals surface area contributed by atoms with Gasteiger partial charge in [-0.2, -0.15) is 0 Å². The highest BCUT2D eigenvalue weighted by atomic mass is 16.2. The Morgan fingerprint density at radius 3 is 1.74 bits per heavy atom. The molecule has 1 amide bonds. The first-order valence-corrected chi connectivity index (χ1v) is 6.31. The number of carbonyl (C=O) groups is 1. The third-order valence-corrected chi connectivity index (χ3v) is 3.23. The lowest BCUT2D eigenvalue weighted by Gasteiger charge is -2.23. The van der Waals surface area contributed by atoms with Crippen molar-refractivity contribution in [3.63, 3.8) is 0 Å². The number of rotatable bonds is 4. The van der Waals surface area contributed by atoms with Crippen LogP contribution in [0, 0.1) is 0 Å². The van der Waals surface area contributed by atoms with Crippen molar-refractivity contribution < 1.29 is 4.79 Å². The molecule has 1 atom stereocenters. The number of benzene rings is 2. The van der Waals surface area contributed by atoms with E-state index in [2.05, 4.69) is 5.32 Å². The second-order valence-electron chi connectivity index (χ2n) is 4.44. The van der Waals surface area contributed by atoms with Crippen molar-refractivity contribution >= 4 is 5.91 Å². The van der Waals surface area contributed by atoms with Gasteiger partial charge in [-0.15, -0.1) is 0 Å². The molecule has 0 heterocycles. The minimum atomic E-state index is -0.602. The van der Waals surface area contributed by atoms with Crippen LogP contribution in [0.3, 0.4) is 0 Å². The molecule has 0 radical (unpaired) electrons. The number of amides is 1. The van der Waals surface area contributed by atoms with E-state index in [9.17, 15) is 4.79 Å². The molecule has 0 aliphatic rings. The van der Waals surface area contributed by atoms with E-state index >= 15 is 0 Å². The Balaban J connectivity index is 2.43. The van der Waals surface area contributed by atoms with Crippen LogP contribution in [-0.2, 0) is 4.79 Å². The quantitative estimate of drug-likeness (QED) is 0.875. The van der Waals surface area contributed by atoms with Gasteiger partial charge < -0.3 is 11.1 Å². The van der Waals surface area contributed by atoms with Gasteiger partial charge in [-0.05, 0) is 11.1 Å². The molecule has 0 saturated carbocycles. The van der Waals surface area contributed by atoms with E-state index < -0.39 is 6.04 Å². The summed E-state index contributed by atoms with van der Waals surface area (Å²) in [6, 6.07) is 19.2. The summed E-state index contributed by atoms with van der Waals surface area (Å²) in [6.07, 6.45) is 0. The molecule has 2 aromatic carbocycles. The van der Waals surface area contributed by atoms with Crippen molar-refractivity contribution in [1.82, 2.24) is 5.32 Å². The standard InChI is InChI=1S/C16H18N2O/c1-18-16(19)15(17)14(12-8-4-2-5-9-12)13-10-6-3-7-11-13/h2-11,14-15H,17H2,1H3,(H,18,19). The number of nitrogens with two attached hydrogens (primary N) is 1. The van der Waals surface area contributed by atoms with Crippen LogP contribution in [0.4, 0.5) is 0 Å². The van der Waals surface area contributed by atoms with Crippen LogP contribution < -0.4 is 11.1 Å². The van der Waals surface area contributed by atoms with Gasteiger partial charge in [0.15, 0.2) is 0 Å². The molecule has 0 bridgehead atoms. The molecule has 0 aliphatic heterocycles. The molecule has 98 valence electrons. The molecule has 3 N–H and O–H groups in total. The van der Waals surface area contributed by atoms with Crippen LogP contribution in [0.5, 0.6) is 0 Å². The van der Waals surface area contributed by atoms with E-state index in [1.54, 1.807) is 7.05 Å². The topological polar surface area (TPSA) is 55.1 Å². The number of likely N-dealkylation sites (N-methyl/N-ethyl adjacent to an activating group) is 1. The van der Waals surface area contributed by atoms with E-state index in [0.717, 1.165) is 11.1 Å². The zero-order valence-corrected chi connectivity index (χ0v) is 10.9. The fraction of sp³-hybridized carbons (Fsp3) is 0.188. The van der Waals surface area contributed by atoms with Crippen LogP contribution in [0.25, 0.3) is 0 Å². The summed E-state index contributed by atoms with van der Waals surface area (Å²) in [5.74, 6) is -0.292. The van der Waals surface area contributed by atoms with Crippen LogP contribution >= 0.6 is 0 Å². The molecule has 0 aromatic heterocycles. The molecular formula is C16H18N2O. The predicted molar refractivity (Wildman–Crippen MR) is 76.8 cm³/mol. The molecule has 0 spiro atoms. The number of carbonyl (C=O) groups excluding carboxylic acids is 1. The summed E-state index contributed by atoms with van der Waals surface area (Å²) in [6.45, 7) is 0. The van der Waals surface area contributed by atoms with Gasteiger partial charge in [0, 0.05) is 13.0 Å². The third kappa shape index (κ3) is 3.01. The maximum absolute atomic E-state index is 11.9. The molecular weight excluding hydrogens is 236 g/mol. The van der Waals surface area contributed by atoms with Crippen molar-refractivity contribution in [1.29, 1.82) is 0 Å². The molecule has 0 fully saturated rings. The first kappa shape index (κ1) is 13.3. The normalized spacial score (nSPS) is 12.2. The Bertz CT molecular complexity index is 485. The summed E-state index contributed by atoms with van der Waals surface area (Å²) in [7, 11) is 1.61. The van der Waals surface area contributed by atoms with Gasteiger partial charge in [0.1, 0.15) is 0 Å². The zero-order chi connectivity index (χ0) is 13.7. The van der Waals surface area contributed by atoms with E-state index in [1.165, 1.54) is 0 Å². The molecule has 3 nitrogen and oxygen atoms in total. The smallest absolute Gasteiger partial charge is 0.237 e. The second-order valence-corrected chi connectivity index (χ2v) is 4.44. The van der Waals surface area contributed by atoms with Crippen LogP contribution in [0.1, 0.15) is 17.0 Å². The number of hydrogen-bond donors (Lipinski definition) is 2. The minimum Gasteiger partial charge on any atom is -0.358 e. The summed E-state index contributed by atoms with van der Waals surface area (Å²) in [5.41, 5.74) is 8.22. The highest BCUT2D eigenvalue weighted by Crippen LogP contribution is 2.27. The van der Waals surface area contributed by atoms with Gasteiger partial charge >= 0.3 is 0 Å². The van der Waals surface area contributed by atoms with E-state index in [4.69, 9.17) is 5.73 Å². The lowest BCUT2D eigenvalue weighted by molar-refractivity contribution is -0.122. The van der Waals surface area contributed by atoms with Gasteiger partial charge in [0.25, 0.3) is 0 Å². The molecule has 2 aromatic rings. The molecule has 0 saturated heterocycles. The monoisotopic (exact) mass is 254 g/mol. The minimum absolute atomic E-state index is 0.137. The summed E-state index contributed by atoms with van der Waals surface area (Å²) in [4.78, 5) is 11.9. The number of nitrogens with one attached hydrogen (secondary N) is 1. The fourth-order valence-corrected chi connectivity index (χ4v) is 2.25. The van der Waals surface area contributed by atoms with Crippen LogP contribution in [0.2, 0.25) is 0 Å².